The molecule has 2 amide bonds. The number of aliphatic imine (C=N–C) groups is 1. The number of benzene rings is 1. The molecule has 0 spiro atoms. The highest BCUT2D eigenvalue weighted by molar-refractivity contribution is 8.39. The van der Waals surface area contributed by atoms with Crippen LogP contribution in [0.4, 0.5) is 11.4 Å². The normalized spacial score (nSPS) is 13.8. The van der Waals surface area contributed by atoms with E-state index in [9.17, 15) is 9.59 Å². The second-order valence-corrected chi connectivity index (χ2v) is 6.40. The lowest BCUT2D eigenvalue weighted by atomic mass is 10.3. The summed E-state index contributed by atoms with van der Waals surface area (Å²) in [6.07, 6.45) is 0. The predicted molar refractivity (Wildman–Crippen MR) is 86.6 cm³/mol. The Morgan fingerprint density at radius 1 is 1.25 bits per heavy atom. The molecule has 1 aliphatic heterocycles. The summed E-state index contributed by atoms with van der Waals surface area (Å²) in [5.41, 5.74) is 1.42. The maximum Gasteiger partial charge on any atom is 0.234 e. The lowest BCUT2D eigenvalue weighted by Gasteiger charge is -2.06. The fourth-order valence-electron chi connectivity index (χ4n) is 1.57. The molecule has 0 saturated heterocycles. The highest BCUT2D eigenvalue weighted by atomic mass is 32.2. The maximum atomic E-state index is 11.8. The first-order valence-electron chi connectivity index (χ1n) is 6.11. The summed E-state index contributed by atoms with van der Waals surface area (Å²) in [7, 11) is 0. The summed E-state index contributed by atoms with van der Waals surface area (Å²) in [5.74, 6) is 1.19. The zero-order chi connectivity index (χ0) is 14.4. The van der Waals surface area contributed by atoms with Crippen LogP contribution in [0.2, 0.25) is 0 Å². The molecule has 7 heteroatoms. The van der Waals surface area contributed by atoms with Crippen molar-refractivity contribution in [1.82, 2.24) is 0 Å². The van der Waals surface area contributed by atoms with E-state index in [0.29, 0.717) is 17.1 Å². The van der Waals surface area contributed by atoms with Crippen molar-refractivity contribution < 1.29 is 9.59 Å². The Labute approximate surface area is 126 Å². The molecule has 106 valence electrons. The van der Waals surface area contributed by atoms with Crippen LogP contribution in [-0.2, 0) is 9.59 Å². The second-order valence-electron chi connectivity index (χ2n) is 4.09. The third-order valence-electron chi connectivity index (χ3n) is 2.37. The average Bonchev–Trinajstić information content (AvgIpc) is 2.91. The Balaban J connectivity index is 1.79. The quantitative estimate of drug-likeness (QED) is 0.896. The van der Waals surface area contributed by atoms with Crippen LogP contribution in [0.5, 0.6) is 0 Å². The molecule has 1 aromatic rings. The summed E-state index contributed by atoms with van der Waals surface area (Å²) >= 11 is 3.16. The molecule has 2 N–H and O–H groups in total. The van der Waals surface area contributed by atoms with Gasteiger partial charge in [-0.3, -0.25) is 14.6 Å². The number of carbonyl (C=O) groups is 2. The van der Waals surface area contributed by atoms with Crippen LogP contribution in [0.3, 0.4) is 0 Å². The molecular formula is C13H15N3O2S2. The van der Waals surface area contributed by atoms with E-state index in [1.807, 2.05) is 0 Å². The lowest BCUT2D eigenvalue weighted by molar-refractivity contribution is -0.114. The SMILES string of the molecule is CC(=O)Nc1ccc(NC(=O)CSC2=NCCS2)cc1. The Kier molecular flexibility index (Phi) is 5.49. The van der Waals surface area contributed by atoms with Crippen LogP contribution < -0.4 is 10.6 Å². The van der Waals surface area contributed by atoms with Gasteiger partial charge in [0.1, 0.15) is 4.38 Å². The molecule has 0 bridgehead atoms. The second kappa shape index (κ2) is 7.35. The van der Waals surface area contributed by atoms with Crippen molar-refractivity contribution in [2.24, 2.45) is 4.99 Å². The van der Waals surface area contributed by atoms with Crippen molar-refractivity contribution in [2.75, 3.05) is 28.7 Å². The standard InChI is InChI=1S/C13H15N3O2S2/c1-9(17)15-10-2-4-11(5-3-10)16-12(18)8-20-13-14-6-7-19-13/h2-5H,6-8H2,1H3,(H,15,17)(H,16,18). The molecule has 1 heterocycles. The number of nitrogens with zero attached hydrogens (tertiary/aromatic N) is 1. The molecule has 0 aromatic heterocycles. The van der Waals surface area contributed by atoms with Crippen LogP contribution in [0.15, 0.2) is 29.3 Å². The van der Waals surface area contributed by atoms with Crippen molar-refractivity contribution in [3.8, 4) is 0 Å². The van der Waals surface area contributed by atoms with Gasteiger partial charge in [-0.1, -0.05) is 23.5 Å². The Bertz CT molecular complexity index is 529. The predicted octanol–water partition coefficient (Wildman–Crippen LogP) is 2.42. The Hall–Kier alpha value is -1.47. The first-order chi connectivity index (χ1) is 9.63. The van der Waals surface area contributed by atoms with E-state index >= 15 is 0 Å². The van der Waals surface area contributed by atoms with E-state index in [4.69, 9.17) is 0 Å². The van der Waals surface area contributed by atoms with Crippen molar-refractivity contribution >= 4 is 51.1 Å². The number of thioether (sulfide) groups is 2. The Morgan fingerprint density at radius 3 is 2.45 bits per heavy atom. The van der Waals surface area contributed by atoms with Gasteiger partial charge in [-0.2, -0.15) is 0 Å². The molecule has 1 aliphatic rings. The van der Waals surface area contributed by atoms with Gasteiger partial charge in [0.15, 0.2) is 0 Å². The maximum absolute atomic E-state index is 11.8. The fraction of sp³-hybridized carbons (Fsp3) is 0.308. The number of hydrogen-bond donors (Lipinski definition) is 2. The van der Waals surface area contributed by atoms with E-state index < -0.39 is 0 Å². The molecule has 0 saturated carbocycles. The van der Waals surface area contributed by atoms with E-state index in [1.165, 1.54) is 18.7 Å². The zero-order valence-corrected chi connectivity index (χ0v) is 12.6. The molecule has 2 rings (SSSR count). The van der Waals surface area contributed by atoms with Gasteiger partial charge in [-0.25, -0.2) is 0 Å². The number of anilines is 2. The number of rotatable bonds is 4. The van der Waals surface area contributed by atoms with Gasteiger partial charge in [0.2, 0.25) is 11.8 Å². The van der Waals surface area contributed by atoms with Crippen molar-refractivity contribution in [3.05, 3.63) is 24.3 Å². The largest absolute Gasteiger partial charge is 0.326 e. The van der Waals surface area contributed by atoms with Gasteiger partial charge in [-0.05, 0) is 24.3 Å². The zero-order valence-electron chi connectivity index (χ0n) is 11.0. The molecule has 5 nitrogen and oxygen atoms in total. The molecule has 20 heavy (non-hydrogen) atoms. The highest BCUT2D eigenvalue weighted by Crippen LogP contribution is 2.22. The van der Waals surface area contributed by atoms with Crippen LogP contribution in [0, 0.1) is 0 Å². The topological polar surface area (TPSA) is 70.6 Å². The summed E-state index contributed by atoms with van der Waals surface area (Å²) < 4.78 is 0.987. The van der Waals surface area contributed by atoms with Crippen molar-refractivity contribution in [2.45, 2.75) is 6.92 Å². The fourth-order valence-corrected chi connectivity index (χ4v) is 3.38. The van der Waals surface area contributed by atoms with Crippen LogP contribution >= 0.6 is 23.5 Å². The highest BCUT2D eigenvalue weighted by Gasteiger charge is 2.10. The number of carbonyl (C=O) groups excluding carboxylic acids is 2. The van der Waals surface area contributed by atoms with E-state index in [1.54, 1.807) is 36.0 Å². The number of nitrogens with one attached hydrogen (secondary N) is 2. The smallest absolute Gasteiger partial charge is 0.234 e. The monoisotopic (exact) mass is 309 g/mol. The van der Waals surface area contributed by atoms with Crippen molar-refractivity contribution in [3.63, 3.8) is 0 Å². The minimum Gasteiger partial charge on any atom is -0.326 e. The number of hydrogen-bond acceptors (Lipinski definition) is 5. The minimum absolute atomic E-state index is 0.0579. The molecule has 1 aromatic carbocycles. The van der Waals surface area contributed by atoms with E-state index in [-0.39, 0.29) is 11.8 Å². The van der Waals surface area contributed by atoms with Gasteiger partial charge in [-0.15, -0.1) is 0 Å². The van der Waals surface area contributed by atoms with Gasteiger partial charge >= 0.3 is 0 Å². The van der Waals surface area contributed by atoms with Crippen LogP contribution in [0.25, 0.3) is 0 Å². The molecule has 0 atom stereocenters. The summed E-state index contributed by atoms with van der Waals surface area (Å²) in [4.78, 5) is 26.9. The van der Waals surface area contributed by atoms with E-state index in [0.717, 1.165) is 16.7 Å². The molecule has 0 fully saturated rings. The van der Waals surface area contributed by atoms with Crippen LogP contribution in [0.1, 0.15) is 6.92 Å². The van der Waals surface area contributed by atoms with Gasteiger partial charge in [0, 0.05) is 24.1 Å². The average molecular weight is 309 g/mol. The van der Waals surface area contributed by atoms with Gasteiger partial charge < -0.3 is 10.6 Å². The molecule has 0 aliphatic carbocycles. The van der Waals surface area contributed by atoms with Gasteiger partial charge in [0.25, 0.3) is 0 Å². The summed E-state index contributed by atoms with van der Waals surface area (Å²) in [6, 6.07) is 7.02. The number of amides is 2. The third-order valence-corrected chi connectivity index (χ3v) is 4.63. The summed E-state index contributed by atoms with van der Waals surface area (Å²) in [5, 5.41) is 5.48. The first kappa shape index (κ1) is 14.9. The lowest BCUT2D eigenvalue weighted by Crippen LogP contribution is -2.14. The Morgan fingerprint density at radius 2 is 1.90 bits per heavy atom. The van der Waals surface area contributed by atoms with E-state index in [2.05, 4.69) is 15.6 Å². The molecular weight excluding hydrogens is 294 g/mol. The first-order valence-corrected chi connectivity index (χ1v) is 8.08. The van der Waals surface area contributed by atoms with Crippen LogP contribution in [-0.4, -0.2) is 34.2 Å². The van der Waals surface area contributed by atoms with Gasteiger partial charge in [0.05, 0.1) is 12.3 Å². The molecule has 0 unspecified atom stereocenters. The van der Waals surface area contributed by atoms with Crippen molar-refractivity contribution in [1.29, 1.82) is 0 Å². The minimum atomic E-state index is -0.118. The third kappa shape index (κ3) is 4.90. The summed E-state index contributed by atoms with van der Waals surface area (Å²) in [6.45, 7) is 2.30. The molecule has 0 radical (unpaired) electrons.